The maximum absolute atomic E-state index is 11.5. The summed E-state index contributed by atoms with van der Waals surface area (Å²) >= 11 is 0. The highest BCUT2D eigenvalue weighted by Crippen LogP contribution is 2.14. The molecular formula is C15H19N5O2. The van der Waals surface area contributed by atoms with Gasteiger partial charge in [-0.15, -0.1) is 10.2 Å². The number of rotatable bonds is 4. The SMILES string of the molecule is CC(C)(C)OC(=O)NCC=Cc1ccc(-c2nn[nH]n2)cc1. The molecule has 0 saturated carbocycles. The number of tetrazole rings is 1. The fourth-order valence-corrected chi connectivity index (χ4v) is 1.68. The second-order valence-corrected chi connectivity index (χ2v) is 5.64. The molecule has 0 bridgehead atoms. The molecule has 0 aliphatic rings. The van der Waals surface area contributed by atoms with Crippen molar-refractivity contribution in [2.75, 3.05) is 6.54 Å². The number of nitrogens with zero attached hydrogens (tertiary/aromatic N) is 3. The average Bonchev–Trinajstić information content (AvgIpc) is 2.96. The Morgan fingerprint density at radius 1 is 1.32 bits per heavy atom. The number of H-pyrrole nitrogens is 1. The van der Waals surface area contributed by atoms with Crippen molar-refractivity contribution in [2.24, 2.45) is 0 Å². The maximum Gasteiger partial charge on any atom is 0.407 e. The Kier molecular flexibility index (Phi) is 4.88. The highest BCUT2D eigenvalue weighted by Gasteiger charge is 2.14. The van der Waals surface area contributed by atoms with E-state index in [2.05, 4.69) is 25.9 Å². The van der Waals surface area contributed by atoms with E-state index < -0.39 is 11.7 Å². The van der Waals surface area contributed by atoms with E-state index in [1.807, 2.05) is 57.2 Å². The summed E-state index contributed by atoms with van der Waals surface area (Å²) in [5.41, 5.74) is 1.41. The maximum atomic E-state index is 11.5. The third-order valence-corrected chi connectivity index (χ3v) is 2.59. The zero-order valence-corrected chi connectivity index (χ0v) is 12.8. The van der Waals surface area contributed by atoms with E-state index in [1.165, 1.54) is 0 Å². The molecule has 2 rings (SSSR count). The smallest absolute Gasteiger partial charge is 0.407 e. The van der Waals surface area contributed by atoms with Gasteiger partial charge in [-0.25, -0.2) is 4.79 Å². The summed E-state index contributed by atoms with van der Waals surface area (Å²) in [6.45, 7) is 5.89. The van der Waals surface area contributed by atoms with Crippen molar-refractivity contribution >= 4 is 12.2 Å². The third-order valence-electron chi connectivity index (χ3n) is 2.59. The van der Waals surface area contributed by atoms with Crippen LogP contribution in [-0.2, 0) is 4.74 Å². The molecule has 7 heteroatoms. The molecule has 0 atom stereocenters. The number of carbonyl (C=O) groups excluding carboxylic acids is 1. The summed E-state index contributed by atoms with van der Waals surface area (Å²) in [6, 6.07) is 7.70. The number of aromatic nitrogens is 4. The van der Waals surface area contributed by atoms with Crippen molar-refractivity contribution in [1.29, 1.82) is 0 Å². The molecule has 0 radical (unpaired) electrons. The number of nitrogens with one attached hydrogen (secondary N) is 2. The molecule has 0 aliphatic carbocycles. The van der Waals surface area contributed by atoms with Gasteiger partial charge in [-0.3, -0.25) is 0 Å². The quantitative estimate of drug-likeness (QED) is 0.904. The van der Waals surface area contributed by atoms with E-state index in [0.29, 0.717) is 12.4 Å². The molecule has 116 valence electrons. The van der Waals surface area contributed by atoms with E-state index >= 15 is 0 Å². The van der Waals surface area contributed by atoms with Crippen LogP contribution in [0.25, 0.3) is 17.5 Å². The summed E-state index contributed by atoms with van der Waals surface area (Å²) in [5.74, 6) is 0.558. The van der Waals surface area contributed by atoms with Gasteiger partial charge in [0.15, 0.2) is 0 Å². The molecule has 1 aromatic heterocycles. The van der Waals surface area contributed by atoms with Crippen LogP contribution >= 0.6 is 0 Å². The number of carbonyl (C=O) groups is 1. The van der Waals surface area contributed by atoms with Gasteiger partial charge in [0.2, 0.25) is 5.82 Å². The number of amides is 1. The Bertz CT molecular complexity index is 627. The van der Waals surface area contributed by atoms with E-state index in [-0.39, 0.29) is 0 Å². The minimum Gasteiger partial charge on any atom is -0.444 e. The van der Waals surface area contributed by atoms with E-state index in [4.69, 9.17) is 4.74 Å². The fourth-order valence-electron chi connectivity index (χ4n) is 1.68. The Balaban J connectivity index is 1.82. The molecule has 1 heterocycles. The predicted octanol–water partition coefficient (Wildman–Crippen LogP) is 2.40. The van der Waals surface area contributed by atoms with E-state index in [9.17, 15) is 4.79 Å². The van der Waals surface area contributed by atoms with Gasteiger partial charge in [0.25, 0.3) is 0 Å². The lowest BCUT2D eigenvalue weighted by Gasteiger charge is -2.19. The van der Waals surface area contributed by atoms with Gasteiger partial charge in [-0.05, 0) is 31.5 Å². The van der Waals surface area contributed by atoms with Crippen LogP contribution in [0.5, 0.6) is 0 Å². The van der Waals surface area contributed by atoms with Crippen LogP contribution in [0.1, 0.15) is 26.3 Å². The minimum atomic E-state index is -0.487. The Labute approximate surface area is 128 Å². The van der Waals surface area contributed by atoms with Crippen LogP contribution in [0.3, 0.4) is 0 Å². The van der Waals surface area contributed by atoms with Crippen LogP contribution in [0.15, 0.2) is 30.3 Å². The van der Waals surface area contributed by atoms with Crippen molar-refractivity contribution in [3.05, 3.63) is 35.9 Å². The first kappa shape index (κ1) is 15.7. The second-order valence-electron chi connectivity index (χ2n) is 5.64. The molecule has 0 unspecified atom stereocenters. The van der Waals surface area contributed by atoms with Gasteiger partial charge >= 0.3 is 6.09 Å². The Hall–Kier alpha value is -2.70. The number of aromatic amines is 1. The molecule has 7 nitrogen and oxygen atoms in total. The summed E-state index contributed by atoms with van der Waals surface area (Å²) in [7, 11) is 0. The molecule has 22 heavy (non-hydrogen) atoms. The van der Waals surface area contributed by atoms with E-state index in [1.54, 1.807) is 0 Å². The summed E-state index contributed by atoms with van der Waals surface area (Å²) in [6.07, 6.45) is 3.34. The lowest BCUT2D eigenvalue weighted by atomic mass is 10.1. The lowest BCUT2D eigenvalue weighted by molar-refractivity contribution is 0.0534. The Morgan fingerprint density at radius 2 is 2.05 bits per heavy atom. The van der Waals surface area contributed by atoms with Crippen LogP contribution in [0.2, 0.25) is 0 Å². The number of hydrogen-bond donors (Lipinski definition) is 2. The van der Waals surface area contributed by atoms with Crippen LogP contribution < -0.4 is 5.32 Å². The van der Waals surface area contributed by atoms with Gasteiger partial charge in [0.1, 0.15) is 5.60 Å². The third kappa shape index (κ3) is 5.01. The van der Waals surface area contributed by atoms with Gasteiger partial charge in [0, 0.05) is 12.1 Å². The van der Waals surface area contributed by atoms with Gasteiger partial charge in [-0.2, -0.15) is 5.21 Å². The highest BCUT2D eigenvalue weighted by molar-refractivity contribution is 5.68. The summed E-state index contributed by atoms with van der Waals surface area (Å²) < 4.78 is 5.14. The Morgan fingerprint density at radius 3 is 2.64 bits per heavy atom. The second kappa shape index (κ2) is 6.84. The number of ether oxygens (including phenoxy) is 1. The van der Waals surface area contributed by atoms with Crippen LogP contribution in [0, 0.1) is 0 Å². The van der Waals surface area contributed by atoms with Crippen molar-refractivity contribution in [1.82, 2.24) is 25.9 Å². The molecule has 1 aromatic carbocycles. The predicted molar refractivity (Wildman–Crippen MR) is 82.9 cm³/mol. The summed E-state index contributed by atoms with van der Waals surface area (Å²) in [5, 5.41) is 16.4. The lowest BCUT2D eigenvalue weighted by Crippen LogP contribution is -2.32. The topological polar surface area (TPSA) is 92.8 Å². The largest absolute Gasteiger partial charge is 0.444 e. The molecule has 2 aromatic rings. The van der Waals surface area contributed by atoms with Crippen molar-refractivity contribution in [3.8, 4) is 11.4 Å². The van der Waals surface area contributed by atoms with Crippen LogP contribution in [0.4, 0.5) is 4.79 Å². The monoisotopic (exact) mass is 301 g/mol. The van der Waals surface area contributed by atoms with E-state index in [0.717, 1.165) is 11.1 Å². The molecule has 2 N–H and O–H groups in total. The zero-order valence-electron chi connectivity index (χ0n) is 12.8. The van der Waals surface area contributed by atoms with Crippen LogP contribution in [-0.4, -0.2) is 38.9 Å². The first-order valence-corrected chi connectivity index (χ1v) is 6.91. The number of alkyl carbamates (subject to hydrolysis) is 1. The summed E-state index contributed by atoms with van der Waals surface area (Å²) in [4.78, 5) is 11.5. The van der Waals surface area contributed by atoms with Gasteiger partial charge in [-0.1, -0.05) is 36.4 Å². The normalized spacial score (nSPS) is 11.6. The van der Waals surface area contributed by atoms with Crippen molar-refractivity contribution in [2.45, 2.75) is 26.4 Å². The van der Waals surface area contributed by atoms with Gasteiger partial charge in [0.05, 0.1) is 0 Å². The van der Waals surface area contributed by atoms with Gasteiger partial charge < -0.3 is 10.1 Å². The molecule has 0 fully saturated rings. The fraction of sp³-hybridized carbons (Fsp3) is 0.333. The molecule has 0 aliphatic heterocycles. The van der Waals surface area contributed by atoms with Crippen molar-refractivity contribution in [3.63, 3.8) is 0 Å². The molecule has 0 saturated heterocycles. The molecule has 0 spiro atoms. The number of hydrogen-bond acceptors (Lipinski definition) is 5. The first-order valence-electron chi connectivity index (χ1n) is 6.91. The first-order chi connectivity index (χ1) is 10.4. The van der Waals surface area contributed by atoms with Crippen molar-refractivity contribution < 1.29 is 9.53 Å². The average molecular weight is 301 g/mol. The minimum absolute atomic E-state index is 0.404. The standard InChI is InChI=1S/C15H19N5O2/c1-15(2,3)22-14(21)16-10-4-5-11-6-8-12(9-7-11)13-17-19-20-18-13/h4-9H,10H2,1-3H3,(H,16,21)(H,17,18,19,20). The number of benzene rings is 1. The highest BCUT2D eigenvalue weighted by atomic mass is 16.6. The zero-order chi connectivity index (χ0) is 16.0. The molecule has 1 amide bonds. The molecular weight excluding hydrogens is 282 g/mol.